The minimum absolute atomic E-state index is 0.00328. The highest BCUT2D eigenvalue weighted by molar-refractivity contribution is 7.00. The number of nitriles is 1. The molecule has 0 spiro atoms. The molecule has 6 heteroatoms. The molecule has 17 rings (SSSR count). The van der Waals surface area contributed by atoms with Crippen LogP contribution in [0.1, 0.15) is 95.5 Å². The van der Waals surface area contributed by atoms with Gasteiger partial charge in [0.15, 0.2) is 0 Å². The first-order chi connectivity index (χ1) is 50.3. The standard InChI is InChI=1S/C91H74BN5/c1-89(2,3)65-47-63(48-66(52-65)90(4,5)6)60-41-44-77-84(51-60)95(68-42-40-61(57-93)83(55-68)97-81-38-24-20-34-75(81)76-35-21-25-39-82(76)97)86-53-67(91(7,8)9)54-87-88(86)92(77)78-45-43-69(94-79-36-22-18-32-73(79)74-33-19-23-37-80(74)94)56-85(78)96(87)70-49-62(58-26-12-10-13-27-58)46-64(50-70)72-31-17-16-30-71(72)59-28-14-11-15-29-59/h10-56H,1-9H3/i18D,19D,22D,23D,32D,33D,36D,37D. The first kappa shape index (κ1) is 51.0. The van der Waals surface area contributed by atoms with E-state index in [1.165, 1.54) is 11.1 Å². The van der Waals surface area contributed by atoms with Crippen LogP contribution in [0, 0.1) is 11.3 Å². The zero-order valence-corrected chi connectivity index (χ0v) is 55.8. The lowest BCUT2D eigenvalue weighted by Crippen LogP contribution is -2.61. The van der Waals surface area contributed by atoms with Crippen molar-refractivity contribution in [2.75, 3.05) is 9.80 Å². The number of hydrogen-bond donors (Lipinski definition) is 0. The molecule has 0 unspecified atom stereocenters. The van der Waals surface area contributed by atoms with Gasteiger partial charge in [-0.3, -0.25) is 0 Å². The van der Waals surface area contributed by atoms with Crippen molar-refractivity contribution in [2.24, 2.45) is 0 Å². The molecule has 0 bridgehead atoms. The SMILES string of the molecule is [2H]c1c([2H])c([2H])c2c(c1[2H])c1c([2H])c([2H])c([2H])c([2H])c1n2-c1ccc2c(c1)N(c1cc(-c3ccccc3)cc(-c3ccccc3-c3ccccc3)c1)c1cc(C(C)(C)C)cc3c1B2c1ccc(-c2cc(C(C)(C)C)cc(C(C)(C)C)c2)cc1N3c1ccc(C#N)c(-n2c3ccccc3c3ccccc32)c1. The highest BCUT2D eigenvalue weighted by Crippen LogP contribution is 2.51. The minimum atomic E-state index is -0.505. The predicted octanol–water partition coefficient (Wildman–Crippen LogP) is 22.4. The van der Waals surface area contributed by atoms with Crippen molar-refractivity contribution >= 4 is 101 Å². The molecule has 0 atom stereocenters. The molecule has 4 heterocycles. The van der Waals surface area contributed by atoms with Crippen LogP contribution in [0.3, 0.4) is 0 Å². The average Bonchev–Trinajstić information content (AvgIpc) is 1.67. The fourth-order valence-corrected chi connectivity index (χ4v) is 15.0. The van der Waals surface area contributed by atoms with Crippen LogP contribution in [0.25, 0.3) is 99.5 Å². The minimum Gasteiger partial charge on any atom is -0.311 e. The quantitative estimate of drug-likeness (QED) is 0.142. The monoisotopic (exact) mass is 1260 g/mol. The van der Waals surface area contributed by atoms with Gasteiger partial charge in [0.1, 0.15) is 6.07 Å². The third-order valence-electron chi connectivity index (χ3n) is 20.0. The Bertz CT molecular complexity index is 6080. The fraction of sp³-hybridized carbons (Fsp3) is 0.132. The van der Waals surface area contributed by atoms with Crippen molar-refractivity contribution in [1.82, 2.24) is 9.13 Å². The third kappa shape index (κ3) is 9.81. The Morgan fingerprint density at radius 3 is 1.40 bits per heavy atom. The van der Waals surface area contributed by atoms with Crippen molar-refractivity contribution in [1.29, 1.82) is 5.26 Å². The van der Waals surface area contributed by atoms with Crippen molar-refractivity contribution < 1.29 is 11.0 Å². The zero-order chi connectivity index (χ0) is 73.2. The summed E-state index contributed by atoms with van der Waals surface area (Å²) in [4.78, 5) is 4.78. The summed E-state index contributed by atoms with van der Waals surface area (Å²) in [5, 5.41) is 13.5. The lowest BCUT2D eigenvalue weighted by Gasteiger charge is -2.45. The van der Waals surface area contributed by atoms with Gasteiger partial charge in [-0.1, -0.05) is 256 Å². The van der Waals surface area contributed by atoms with Crippen LogP contribution in [0.15, 0.2) is 285 Å². The van der Waals surface area contributed by atoms with Gasteiger partial charge < -0.3 is 18.9 Å². The summed E-state index contributed by atoms with van der Waals surface area (Å²) in [5.41, 5.74) is 22.6. The molecule has 0 amide bonds. The summed E-state index contributed by atoms with van der Waals surface area (Å²) < 4.78 is 78.7. The van der Waals surface area contributed by atoms with Gasteiger partial charge in [0, 0.05) is 61.4 Å². The Balaban J connectivity index is 1.02. The lowest BCUT2D eigenvalue weighted by molar-refractivity contribution is 0.569. The molecule has 2 aromatic heterocycles. The van der Waals surface area contributed by atoms with Crippen LogP contribution in [-0.4, -0.2) is 15.8 Å². The Hall–Kier alpha value is -11.4. The summed E-state index contributed by atoms with van der Waals surface area (Å²) >= 11 is 0. The molecule has 2 aliphatic rings. The van der Waals surface area contributed by atoms with E-state index in [1.54, 1.807) is 4.57 Å². The molecule has 0 radical (unpaired) electrons. The van der Waals surface area contributed by atoms with Gasteiger partial charge in [-0.25, -0.2) is 0 Å². The van der Waals surface area contributed by atoms with E-state index >= 15 is 0 Å². The number of hydrogen-bond acceptors (Lipinski definition) is 3. The normalized spacial score (nSPS) is 14.1. The zero-order valence-electron chi connectivity index (χ0n) is 63.8. The molecule has 2 aliphatic heterocycles. The third-order valence-corrected chi connectivity index (χ3v) is 20.0. The van der Waals surface area contributed by atoms with Gasteiger partial charge in [-0.05, 0) is 185 Å². The van der Waals surface area contributed by atoms with E-state index in [4.69, 9.17) is 2.74 Å². The van der Waals surface area contributed by atoms with Crippen molar-refractivity contribution in [3.8, 4) is 62.0 Å². The van der Waals surface area contributed by atoms with Gasteiger partial charge >= 0.3 is 0 Å². The highest BCUT2D eigenvalue weighted by Gasteiger charge is 2.45. The molecular formula is C91H74BN5. The van der Waals surface area contributed by atoms with Gasteiger partial charge in [0.2, 0.25) is 0 Å². The molecule has 0 N–H and O–H groups in total. The number of anilines is 6. The average molecular weight is 1260 g/mol. The molecule has 5 nitrogen and oxygen atoms in total. The maximum Gasteiger partial charge on any atom is 0.252 e. The largest absolute Gasteiger partial charge is 0.311 e. The number of nitrogens with zero attached hydrogens (tertiary/aromatic N) is 5. The van der Waals surface area contributed by atoms with E-state index in [-0.39, 0.29) is 44.7 Å². The smallest absolute Gasteiger partial charge is 0.252 e. The maximum atomic E-state index is 11.4. The topological polar surface area (TPSA) is 40.1 Å². The van der Waals surface area contributed by atoms with Crippen LogP contribution in [0.4, 0.5) is 34.1 Å². The summed E-state index contributed by atoms with van der Waals surface area (Å²) in [6.07, 6.45) is 0. The summed E-state index contributed by atoms with van der Waals surface area (Å²) in [5.74, 6) is 0. The predicted molar refractivity (Wildman–Crippen MR) is 412 cm³/mol. The van der Waals surface area contributed by atoms with E-state index in [0.717, 1.165) is 128 Å². The van der Waals surface area contributed by atoms with Crippen LogP contribution in [-0.2, 0) is 16.2 Å². The number of aromatic nitrogens is 2. The summed E-state index contributed by atoms with van der Waals surface area (Å²) in [6, 6.07) is 83.1. The van der Waals surface area contributed by atoms with E-state index in [2.05, 4.69) is 295 Å². The molecule has 0 aliphatic carbocycles. The number of benzene rings is 13. The second-order valence-corrected chi connectivity index (χ2v) is 29.1. The van der Waals surface area contributed by atoms with E-state index in [1.807, 2.05) is 24.3 Å². The van der Waals surface area contributed by atoms with E-state index in [9.17, 15) is 13.5 Å². The molecule has 0 saturated carbocycles. The van der Waals surface area contributed by atoms with Crippen LogP contribution >= 0.6 is 0 Å². The number of para-hydroxylation sites is 4. The lowest BCUT2D eigenvalue weighted by atomic mass is 9.33. The van der Waals surface area contributed by atoms with Gasteiger partial charge in [0.25, 0.3) is 6.71 Å². The van der Waals surface area contributed by atoms with Crippen molar-refractivity contribution in [2.45, 2.75) is 78.6 Å². The van der Waals surface area contributed by atoms with Gasteiger partial charge in [-0.15, -0.1) is 0 Å². The van der Waals surface area contributed by atoms with Crippen LogP contribution in [0.2, 0.25) is 0 Å². The second-order valence-electron chi connectivity index (χ2n) is 29.1. The molecule has 97 heavy (non-hydrogen) atoms. The Morgan fingerprint density at radius 2 is 0.804 bits per heavy atom. The molecule has 466 valence electrons. The maximum absolute atomic E-state index is 11.4. The number of rotatable bonds is 8. The molecule has 13 aromatic carbocycles. The van der Waals surface area contributed by atoms with E-state index in [0.29, 0.717) is 11.3 Å². The summed E-state index contributed by atoms with van der Waals surface area (Å²) in [6.45, 7) is 19.9. The van der Waals surface area contributed by atoms with Crippen LogP contribution < -0.4 is 26.2 Å². The molecule has 15 aromatic rings. The van der Waals surface area contributed by atoms with Gasteiger partial charge in [0.05, 0.1) is 44.3 Å². The molecule has 0 saturated heterocycles. The van der Waals surface area contributed by atoms with Crippen molar-refractivity contribution in [3.63, 3.8) is 0 Å². The Labute approximate surface area is 580 Å². The Morgan fingerprint density at radius 1 is 0.330 bits per heavy atom. The summed E-state index contributed by atoms with van der Waals surface area (Å²) in [7, 11) is 0. The molecular weight excluding hydrogens is 1170 g/mol. The first-order valence-electron chi connectivity index (χ1n) is 37.4. The first-order valence-corrected chi connectivity index (χ1v) is 33.4. The fourth-order valence-electron chi connectivity index (χ4n) is 15.0. The van der Waals surface area contributed by atoms with E-state index < -0.39 is 48.4 Å². The van der Waals surface area contributed by atoms with Crippen LogP contribution in [0.5, 0.6) is 0 Å². The van der Waals surface area contributed by atoms with Gasteiger partial charge in [-0.2, -0.15) is 5.26 Å². The highest BCUT2D eigenvalue weighted by atomic mass is 15.2. The second kappa shape index (κ2) is 22.4. The van der Waals surface area contributed by atoms with Crippen molar-refractivity contribution in [3.05, 3.63) is 307 Å². The Kier molecular flexibility index (Phi) is 11.8. The molecule has 0 fully saturated rings. The number of fused-ring (bicyclic) bond motifs is 10.